The number of fused-ring (bicyclic) bond motifs is 3. The molecule has 54 heavy (non-hydrogen) atoms. The summed E-state index contributed by atoms with van der Waals surface area (Å²) in [6, 6.07) is 42.3. The molecule has 0 atom stereocenters. The molecule has 0 N–H and O–H groups in total. The van der Waals surface area contributed by atoms with Crippen LogP contribution >= 0.6 is 0 Å². The van der Waals surface area contributed by atoms with Crippen LogP contribution in [0.4, 0.5) is 17.1 Å². The zero-order chi connectivity index (χ0) is 36.0. The fourth-order valence-corrected chi connectivity index (χ4v) is 12.3. The van der Waals surface area contributed by atoms with Crippen molar-refractivity contribution in [2.75, 3.05) is 4.90 Å². The van der Waals surface area contributed by atoms with Crippen LogP contribution in [-0.4, -0.2) is 0 Å². The Morgan fingerprint density at radius 3 is 1.81 bits per heavy atom. The van der Waals surface area contributed by atoms with Gasteiger partial charge < -0.3 is 4.90 Å². The second-order valence-corrected chi connectivity index (χ2v) is 18.2. The maximum absolute atomic E-state index is 2.50. The molecule has 5 aromatic carbocycles. The summed E-state index contributed by atoms with van der Waals surface area (Å²) in [5.41, 5.74) is 19.6. The molecule has 0 aromatic heterocycles. The van der Waals surface area contributed by atoms with Gasteiger partial charge in [0.2, 0.25) is 0 Å². The summed E-state index contributed by atoms with van der Waals surface area (Å²) in [6.07, 6.45) is 22.7. The topological polar surface area (TPSA) is 3.24 Å². The summed E-state index contributed by atoms with van der Waals surface area (Å²) in [6.45, 7) is 4.81. The lowest BCUT2D eigenvalue weighted by atomic mass is 9.48. The minimum Gasteiger partial charge on any atom is -0.310 e. The summed E-state index contributed by atoms with van der Waals surface area (Å²) in [5, 5.41) is 0. The zero-order valence-electron chi connectivity index (χ0n) is 32.0. The van der Waals surface area contributed by atoms with Crippen molar-refractivity contribution in [3.05, 3.63) is 161 Å². The first-order valence-corrected chi connectivity index (χ1v) is 20.9. The lowest BCUT2D eigenvalue weighted by Gasteiger charge is -2.57. The first kappa shape index (κ1) is 32.5. The second kappa shape index (κ2) is 12.3. The van der Waals surface area contributed by atoms with Crippen LogP contribution in [0.5, 0.6) is 0 Å². The Bertz CT molecular complexity index is 2330. The largest absolute Gasteiger partial charge is 0.310 e. The fourth-order valence-electron chi connectivity index (χ4n) is 12.3. The van der Waals surface area contributed by atoms with E-state index < -0.39 is 0 Å². The highest BCUT2D eigenvalue weighted by molar-refractivity contribution is 5.89. The molecular formula is C53H51N. The van der Waals surface area contributed by atoms with Crippen LogP contribution in [-0.2, 0) is 17.3 Å². The van der Waals surface area contributed by atoms with Gasteiger partial charge in [-0.3, -0.25) is 0 Å². The van der Waals surface area contributed by atoms with Gasteiger partial charge in [-0.15, -0.1) is 0 Å². The van der Waals surface area contributed by atoms with E-state index in [2.05, 4.69) is 152 Å². The summed E-state index contributed by atoms with van der Waals surface area (Å²) < 4.78 is 0. The molecule has 0 radical (unpaired) electrons. The maximum Gasteiger partial charge on any atom is 0.0536 e. The van der Waals surface area contributed by atoms with Gasteiger partial charge in [0.05, 0.1) is 5.69 Å². The van der Waals surface area contributed by atoms with Gasteiger partial charge in [0.1, 0.15) is 0 Å². The van der Waals surface area contributed by atoms with E-state index >= 15 is 0 Å². The number of anilines is 3. The Labute approximate surface area is 322 Å². The van der Waals surface area contributed by atoms with Crippen molar-refractivity contribution >= 4 is 28.7 Å². The molecule has 0 spiro atoms. The van der Waals surface area contributed by atoms with Crippen LogP contribution in [0.1, 0.15) is 99.5 Å². The number of allylic oxidation sites excluding steroid dienone is 5. The summed E-state index contributed by atoms with van der Waals surface area (Å²) >= 11 is 0. The van der Waals surface area contributed by atoms with Gasteiger partial charge in [0.15, 0.2) is 0 Å². The molecule has 0 unspecified atom stereocenters. The molecule has 7 aliphatic carbocycles. The first-order chi connectivity index (χ1) is 26.4. The van der Waals surface area contributed by atoms with E-state index in [1.54, 1.807) is 11.1 Å². The minimum absolute atomic E-state index is 0.00816. The van der Waals surface area contributed by atoms with Crippen LogP contribution in [0.25, 0.3) is 33.9 Å². The molecule has 12 rings (SSSR count). The number of hydrogen-bond acceptors (Lipinski definition) is 1. The highest BCUT2D eigenvalue weighted by Crippen LogP contribution is 2.61. The quantitative estimate of drug-likeness (QED) is 0.170. The summed E-state index contributed by atoms with van der Waals surface area (Å²) in [4.78, 5) is 2.50. The van der Waals surface area contributed by atoms with E-state index in [4.69, 9.17) is 0 Å². The molecule has 5 aromatic rings. The van der Waals surface area contributed by atoms with Gasteiger partial charge in [-0.25, -0.2) is 0 Å². The minimum atomic E-state index is -0.00816. The van der Waals surface area contributed by atoms with Crippen molar-refractivity contribution in [3.63, 3.8) is 0 Å². The number of aryl methyl sites for hydroxylation is 1. The summed E-state index contributed by atoms with van der Waals surface area (Å²) in [7, 11) is 0. The standard InChI is InChI=1S/C53H51N/c1-52(2)49-12-6-5-11-47(49)48-27-26-45(31-50(48)52)54(51-13-7-9-42-8-3-4-10-46(42)51)44-24-20-41(21-25-44)39-16-14-38(15-17-39)40-18-22-43(23-19-40)53-32-35-28-36(33-53)30-37(29-35)34-53/h4,6-7,9-10,12-27,31,35-37H,3,5,8,11,28-30,32-34H2,1-2H3. The van der Waals surface area contributed by atoms with Crippen molar-refractivity contribution in [2.45, 2.75) is 88.9 Å². The van der Waals surface area contributed by atoms with E-state index in [-0.39, 0.29) is 5.41 Å². The zero-order valence-corrected chi connectivity index (χ0v) is 32.0. The van der Waals surface area contributed by atoms with Crippen LogP contribution in [0, 0.1) is 17.8 Å². The number of hydrogen-bond donors (Lipinski definition) is 0. The third-order valence-corrected chi connectivity index (χ3v) is 14.6. The van der Waals surface area contributed by atoms with Gasteiger partial charge in [-0.05, 0) is 173 Å². The predicted octanol–water partition coefficient (Wildman–Crippen LogP) is 14.3. The molecule has 0 aliphatic heterocycles. The highest BCUT2D eigenvalue weighted by atomic mass is 15.1. The lowest BCUT2D eigenvalue weighted by molar-refractivity contribution is -0.00518. The molecule has 0 amide bonds. The SMILES string of the molecule is CC1(C)C2=C(CCC=C2)c2ccc(N(c3ccc(-c4ccc(-c5ccc(C67CC8CC(CC(C8)C6)C7)cc5)cc4)cc3)c3cccc4c3C=CCC4)cc21. The second-order valence-electron chi connectivity index (χ2n) is 18.2. The number of benzene rings is 5. The average molecular weight is 702 g/mol. The molecule has 4 fully saturated rings. The van der Waals surface area contributed by atoms with E-state index in [1.807, 2.05) is 0 Å². The molecule has 268 valence electrons. The Morgan fingerprint density at radius 1 is 0.574 bits per heavy atom. The van der Waals surface area contributed by atoms with Gasteiger partial charge in [-0.1, -0.05) is 117 Å². The van der Waals surface area contributed by atoms with Gasteiger partial charge in [0, 0.05) is 22.4 Å². The van der Waals surface area contributed by atoms with Crippen LogP contribution in [0.2, 0.25) is 0 Å². The van der Waals surface area contributed by atoms with E-state index in [0.717, 1.165) is 43.4 Å². The molecule has 0 saturated heterocycles. The average Bonchev–Trinajstić information content (AvgIpc) is 3.43. The molecule has 7 aliphatic rings. The monoisotopic (exact) mass is 701 g/mol. The van der Waals surface area contributed by atoms with Crippen molar-refractivity contribution in [1.29, 1.82) is 0 Å². The normalized spacial score (nSPS) is 25.4. The van der Waals surface area contributed by atoms with Crippen LogP contribution in [0.3, 0.4) is 0 Å². The van der Waals surface area contributed by atoms with Gasteiger partial charge >= 0.3 is 0 Å². The maximum atomic E-state index is 2.50. The molecular weight excluding hydrogens is 651 g/mol. The van der Waals surface area contributed by atoms with Gasteiger partial charge in [-0.2, -0.15) is 0 Å². The van der Waals surface area contributed by atoms with E-state index in [9.17, 15) is 0 Å². The van der Waals surface area contributed by atoms with E-state index in [1.165, 1.54) is 106 Å². The third-order valence-electron chi connectivity index (χ3n) is 14.6. The van der Waals surface area contributed by atoms with Crippen LogP contribution < -0.4 is 4.90 Å². The number of nitrogens with zero attached hydrogens (tertiary/aromatic N) is 1. The Morgan fingerprint density at radius 2 is 1.15 bits per heavy atom. The highest BCUT2D eigenvalue weighted by Gasteiger charge is 2.51. The molecule has 1 nitrogen and oxygen atoms in total. The van der Waals surface area contributed by atoms with E-state index in [0.29, 0.717) is 5.41 Å². The summed E-state index contributed by atoms with van der Waals surface area (Å²) in [5.74, 6) is 2.94. The Hall–Kier alpha value is -4.88. The lowest BCUT2D eigenvalue weighted by Crippen LogP contribution is -2.48. The molecule has 0 heterocycles. The van der Waals surface area contributed by atoms with Crippen molar-refractivity contribution in [3.8, 4) is 22.3 Å². The Kier molecular flexibility index (Phi) is 7.43. The molecule has 1 heteroatoms. The van der Waals surface area contributed by atoms with Crippen molar-refractivity contribution < 1.29 is 0 Å². The smallest absolute Gasteiger partial charge is 0.0536 e. The fraction of sp³-hybridized carbons (Fsp3) is 0.321. The Balaban J connectivity index is 0.897. The van der Waals surface area contributed by atoms with Crippen molar-refractivity contribution in [2.24, 2.45) is 17.8 Å². The third kappa shape index (κ3) is 5.18. The molecule has 4 saturated carbocycles. The van der Waals surface area contributed by atoms with Gasteiger partial charge in [0.25, 0.3) is 0 Å². The first-order valence-electron chi connectivity index (χ1n) is 20.9. The molecule has 4 bridgehead atoms. The predicted molar refractivity (Wildman–Crippen MR) is 228 cm³/mol. The number of rotatable bonds is 6. The van der Waals surface area contributed by atoms with Crippen molar-refractivity contribution in [1.82, 2.24) is 0 Å². The van der Waals surface area contributed by atoms with Crippen LogP contribution in [0.15, 0.2) is 133 Å².